The maximum Gasteiger partial charge on any atom is 0.211 e. The third-order valence-electron chi connectivity index (χ3n) is 2.55. The van der Waals surface area contributed by atoms with Crippen LogP contribution in [0.4, 0.5) is 0 Å². The molecule has 0 aromatic rings. The first-order valence-electron chi connectivity index (χ1n) is 7.12. The van der Waals surface area contributed by atoms with Crippen molar-refractivity contribution in [1.29, 1.82) is 0 Å². The van der Waals surface area contributed by atoms with Gasteiger partial charge in [0.1, 0.15) is 0 Å². The van der Waals surface area contributed by atoms with Crippen molar-refractivity contribution in [3.8, 4) is 0 Å². The number of hydrogen-bond donors (Lipinski definition) is 2. The topological polar surface area (TPSA) is 67.4 Å². The Kier molecular flexibility index (Phi) is 10.5. The van der Waals surface area contributed by atoms with Crippen molar-refractivity contribution in [3.05, 3.63) is 0 Å². The van der Waals surface area contributed by atoms with Crippen molar-refractivity contribution in [3.63, 3.8) is 0 Å². The van der Waals surface area contributed by atoms with Gasteiger partial charge in [0.2, 0.25) is 10.0 Å². The average molecular weight is 294 g/mol. The highest BCUT2D eigenvalue weighted by molar-refractivity contribution is 7.89. The molecule has 0 spiro atoms. The molecule has 0 aliphatic rings. The largest absolute Gasteiger partial charge is 0.380 e. The van der Waals surface area contributed by atoms with Crippen LogP contribution in [-0.4, -0.2) is 46.5 Å². The fourth-order valence-corrected chi connectivity index (χ4v) is 2.48. The lowest BCUT2D eigenvalue weighted by Gasteiger charge is -2.10. The Morgan fingerprint density at radius 1 is 1.05 bits per heavy atom. The van der Waals surface area contributed by atoms with E-state index in [-0.39, 0.29) is 5.75 Å². The quantitative estimate of drug-likeness (QED) is 0.533. The predicted octanol–water partition coefficient (Wildman–Crippen LogP) is 1.36. The Morgan fingerprint density at radius 2 is 1.74 bits per heavy atom. The molecular formula is C13H30N2O3S. The van der Waals surface area contributed by atoms with Crippen LogP contribution in [0.2, 0.25) is 0 Å². The number of rotatable bonds is 12. The minimum Gasteiger partial charge on any atom is -0.380 e. The van der Waals surface area contributed by atoms with Crippen LogP contribution in [0.15, 0.2) is 0 Å². The molecule has 6 heteroatoms. The van der Waals surface area contributed by atoms with E-state index in [0.717, 1.165) is 13.0 Å². The van der Waals surface area contributed by atoms with E-state index >= 15 is 0 Å². The molecule has 116 valence electrons. The van der Waals surface area contributed by atoms with Crippen LogP contribution in [-0.2, 0) is 14.8 Å². The molecular weight excluding hydrogens is 264 g/mol. The molecule has 0 aliphatic heterocycles. The van der Waals surface area contributed by atoms with Crippen molar-refractivity contribution in [2.45, 2.75) is 46.6 Å². The Balaban J connectivity index is 3.52. The molecule has 0 aromatic heterocycles. The Labute approximate surface area is 118 Å². The van der Waals surface area contributed by atoms with E-state index in [1.54, 1.807) is 0 Å². The van der Waals surface area contributed by atoms with Gasteiger partial charge in [-0.05, 0) is 25.3 Å². The zero-order chi connectivity index (χ0) is 14.7. The van der Waals surface area contributed by atoms with Crippen LogP contribution < -0.4 is 10.0 Å². The van der Waals surface area contributed by atoms with Crippen LogP contribution in [0.3, 0.4) is 0 Å². The third-order valence-corrected chi connectivity index (χ3v) is 4.02. The first kappa shape index (κ1) is 18.8. The van der Waals surface area contributed by atoms with E-state index in [9.17, 15) is 8.42 Å². The molecule has 0 aromatic carbocycles. The molecule has 0 bridgehead atoms. The lowest BCUT2D eigenvalue weighted by atomic mass is 10.1. The fraction of sp³-hybridized carbons (Fsp3) is 1.00. The van der Waals surface area contributed by atoms with Crippen LogP contribution in [0.5, 0.6) is 0 Å². The van der Waals surface area contributed by atoms with Gasteiger partial charge in [-0.15, -0.1) is 0 Å². The summed E-state index contributed by atoms with van der Waals surface area (Å²) in [7, 11) is -3.15. The van der Waals surface area contributed by atoms with Gasteiger partial charge in [-0.2, -0.15) is 0 Å². The van der Waals surface area contributed by atoms with Gasteiger partial charge >= 0.3 is 0 Å². The van der Waals surface area contributed by atoms with E-state index in [1.807, 2.05) is 13.8 Å². The minimum absolute atomic E-state index is 0.165. The zero-order valence-electron chi connectivity index (χ0n) is 12.7. The lowest BCUT2D eigenvalue weighted by Crippen LogP contribution is -2.32. The molecule has 0 rings (SSSR count). The molecule has 0 unspecified atom stereocenters. The van der Waals surface area contributed by atoms with Crippen LogP contribution >= 0.6 is 0 Å². The maximum absolute atomic E-state index is 11.6. The Hall–Kier alpha value is -0.170. The van der Waals surface area contributed by atoms with E-state index in [1.165, 1.54) is 0 Å². The van der Waals surface area contributed by atoms with Crippen molar-refractivity contribution >= 4 is 10.0 Å². The molecule has 5 nitrogen and oxygen atoms in total. The number of sulfonamides is 1. The fourth-order valence-electron chi connectivity index (χ4n) is 1.42. The van der Waals surface area contributed by atoms with Crippen LogP contribution in [0, 0.1) is 5.92 Å². The molecule has 0 fully saturated rings. The molecule has 2 N–H and O–H groups in total. The molecule has 0 amide bonds. The summed E-state index contributed by atoms with van der Waals surface area (Å²) >= 11 is 0. The number of ether oxygens (including phenoxy) is 1. The van der Waals surface area contributed by atoms with Crippen LogP contribution in [0.25, 0.3) is 0 Å². The summed E-state index contributed by atoms with van der Waals surface area (Å²) in [5.74, 6) is 0.781. The normalized spacial score (nSPS) is 12.5. The lowest BCUT2D eigenvalue weighted by molar-refractivity contribution is 0.128. The van der Waals surface area contributed by atoms with Crippen molar-refractivity contribution in [2.75, 3.05) is 32.1 Å². The highest BCUT2D eigenvalue weighted by atomic mass is 32.2. The highest BCUT2D eigenvalue weighted by Crippen LogP contribution is 1.98. The first-order valence-corrected chi connectivity index (χ1v) is 8.77. The number of hydrogen-bond acceptors (Lipinski definition) is 4. The summed E-state index contributed by atoms with van der Waals surface area (Å²) in [5.41, 5.74) is 0. The maximum atomic E-state index is 11.6. The predicted molar refractivity (Wildman–Crippen MR) is 79.8 cm³/mol. The van der Waals surface area contributed by atoms with Gasteiger partial charge in [0.15, 0.2) is 0 Å². The second-order valence-electron chi connectivity index (χ2n) is 5.47. The van der Waals surface area contributed by atoms with Crippen molar-refractivity contribution in [1.82, 2.24) is 10.0 Å². The summed E-state index contributed by atoms with van der Waals surface area (Å²) in [6, 6.07) is 0.394. The van der Waals surface area contributed by atoms with Crippen molar-refractivity contribution < 1.29 is 13.2 Å². The average Bonchev–Trinajstić information content (AvgIpc) is 2.28. The SMILES string of the molecule is CC(C)CCOCCNS(=O)(=O)CCCNC(C)C. The second-order valence-corrected chi connectivity index (χ2v) is 7.40. The first-order chi connectivity index (χ1) is 8.83. The van der Waals surface area contributed by atoms with Crippen LogP contribution in [0.1, 0.15) is 40.5 Å². The summed E-state index contributed by atoms with van der Waals surface area (Å²) in [4.78, 5) is 0. The van der Waals surface area contributed by atoms with Gasteiger partial charge in [0.05, 0.1) is 12.4 Å². The Morgan fingerprint density at radius 3 is 2.32 bits per heavy atom. The van der Waals surface area contributed by atoms with Gasteiger partial charge < -0.3 is 10.1 Å². The smallest absolute Gasteiger partial charge is 0.211 e. The van der Waals surface area contributed by atoms with E-state index in [0.29, 0.717) is 38.1 Å². The van der Waals surface area contributed by atoms with E-state index in [2.05, 4.69) is 23.9 Å². The monoisotopic (exact) mass is 294 g/mol. The van der Waals surface area contributed by atoms with Crippen molar-refractivity contribution in [2.24, 2.45) is 5.92 Å². The molecule has 0 saturated heterocycles. The van der Waals surface area contributed by atoms with Gasteiger partial charge in [0, 0.05) is 19.2 Å². The molecule has 0 saturated carbocycles. The zero-order valence-corrected chi connectivity index (χ0v) is 13.6. The van der Waals surface area contributed by atoms with Gasteiger partial charge in [-0.25, -0.2) is 13.1 Å². The molecule has 0 aliphatic carbocycles. The third kappa shape index (κ3) is 14.1. The molecule has 19 heavy (non-hydrogen) atoms. The van der Waals surface area contributed by atoms with Gasteiger partial charge in [-0.1, -0.05) is 27.7 Å². The van der Waals surface area contributed by atoms with E-state index < -0.39 is 10.0 Å². The van der Waals surface area contributed by atoms with Gasteiger partial charge in [0.25, 0.3) is 0 Å². The van der Waals surface area contributed by atoms with E-state index in [4.69, 9.17) is 4.74 Å². The highest BCUT2D eigenvalue weighted by Gasteiger charge is 2.08. The summed E-state index contributed by atoms with van der Waals surface area (Å²) < 4.78 is 31.2. The molecule has 0 atom stereocenters. The molecule has 0 heterocycles. The second kappa shape index (κ2) is 10.6. The minimum atomic E-state index is -3.15. The summed E-state index contributed by atoms with van der Waals surface area (Å²) in [6.07, 6.45) is 1.63. The standard InChI is InChI=1S/C13H30N2O3S/c1-12(2)6-9-18-10-8-15-19(16,17)11-5-7-14-13(3)4/h12-15H,5-11H2,1-4H3. The Bertz CT molecular complexity index is 303. The summed E-state index contributed by atoms with van der Waals surface area (Å²) in [6.45, 7) is 10.6. The molecule has 0 radical (unpaired) electrons. The van der Waals surface area contributed by atoms with Gasteiger partial charge in [-0.3, -0.25) is 0 Å². The number of nitrogens with one attached hydrogen (secondary N) is 2. The summed E-state index contributed by atoms with van der Waals surface area (Å²) in [5, 5.41) is 3.20.